The predicted octanol–water partition coefficient (Wildman–Crippen LogP) is 2.56. The van der Waals surface area contributed by atoms with Gasteiger partial charge in [0.2, 0.25) is 0 Å². The van der Waals surface area contributed by atoms with Gasteiger partial charge in [-0.3, -0.25) is 4.79 Å². The van der Waals surface area contributed by atoms with Gasteiger partial charge in [-0.1, -0.05) is 31.2 Å². The molecule has 0 aromatic heterocycles. The Hall–Kier alpha value is -3.15. The number of nitrogens with one attached hydrogen (secondary N) is 1. The second-order valence-corrected chi connectivity index (χ2v) is 5.19. The van der Waals surface area contributed by atoms with E-state index in [0.29, 0.717) is 11.3 Å². The van der Waals surface area contributed by atoms with Crippen molar-refractivity contribution < 1.29 is 19.1 Å². The number of amides is 1. The van der Waals surface area contributed by atoms with Crippen LogP contribution in [0, 0.1) is 0 Å². The van der Waals surface area contributed by atoms with Gasteiger partial charge in [-0.25, -0.2) is 10.2 Å². The number of ether oxygens (including phenoxy) is 2. The average Bonchev–Trinajstić information content (AvgIpc) is 2.66. The van der Waals surface area contributed by atoms with E-state index in [1.165, 1.54) is 18.9 Å². The molecule has 1 amide bonds. The van der Waals surface area contributed by atoms with Crippen LogP contribution in [0.1, 0.15) is 28.4 Å². The highest BCUT2D eigenvalue weighted by Gasteiger charge is 2.04. The fourth-order valence-corrected chi connectivity index (χ4v) is 2.00. The molecule has 0 saturated heterocycles. The zero-order valence-electron chi connectivity index (χ0n) is 14.2. The molecule has 2 aromatic carbocycles. The molecule has 2 rings (SSSR count). The van der Waals surface area contributed by atoms with Crippen molar-refractivity contribution in [2.75, 3.05) is 13.7 Å². The first-order chi connectivity index (χ1) is 12.1. The van der Waals surface area contributed by atoms with Crippen LogP contribution in [0.25, 0.3) is 0 Å². The Morgan fingerprint density at radius 3 is 2.36 bits per heavy atom. The van der Waals surface area contributed by atoms with Gasteiger partial charge < -0.3 is 9.47 Å². The van der Waals surface area contributed by atoms with E-state index in [2.05, 4.69) is 22.2 Å². The van der Waals surface area contributed by atoms with Gasteiger partial charge in [0.15, 0.2) is 6.61 Å². The Kier molecular flexibility index (Phi) is 6.71. The summed E-state index contributed by atoms with van der Waals surface area (Å²) in [5.41, 5.74) is 4.78. The number of methoxy groups -OCH3 is 1. The number of aryl methyl sites for hydroxylation is 1. The van der Waals surface area contributed by atoms with Crippen molar-refractivity contribution in [2.45, 2.75) is 13.3 Å². The first-order valence-corrected chi connectivity index (χ1v) is 7.84. The van der Waals surface area contributed by atoms with Crippen molar-refractivity contribution in [2.24, 2.45) is 5.10 Å². The molecule has 0 spiro atoms. The summed E-state index contributed by atoms with van der Waals surface area (Å²) in [6, 6.07) is 14.2. The molecule has 0 unspecified atom stereocenters. The highest BCUT2D eigenvalue weighted by atomic mass is 16.5. The zero-order chi connectivity index (χ0) is 18.1. The van der Waals surface area contributed by atoms with Crippen molar-refractivity contribution in [3.05, 3.63) is 65.2 Å². The van der Waals surface area contributed by atoms with Crippen LogP contribution in [0.3, 0.4) is 0 Å². The largest absolute Gasteiger partial charge is 0.484 e. The summed E-state index contributed by atoms with van der Waals surface area (Å²) >= 11 is 0. The van der Waals surface area contributed by atoms with E-state index in [1.54, 1.807) is 24.3 Å². The van der Waals surface area contributed by atoms with Crippen LogP contribution in [0.4, 0.5) is 0 Å². The number of hydrogen-bond donors (Lipinski definition) is 1. The van der Waals surface area contributed by atoms with Gasteiger partial charge >= 0.3 is 5.97 Å². The van der Waals surface area contributed by atoms with Crippen LogP contribution < -0.4 is 10.2 Å². The molecule has 25 heavy (non-hydrogen) atoms. The van der Waals surface area contributed by atoms with E-state index in [9.17, 15) is 9.59 Å². The van der Waals surface area contributed by atoms with E-state index in [1.807, 2.05) is 24.3 Å². The molecule has 0 radical (unpaired) electrons. The minimum absolute atomic E-state index is 0.121. The average molecular weight is 340 g/mol. The number of benzene rings is 2. The van der Waals surface area contributed by atoms with Gasteiger partial charge in [-0.05, 0) is 41.8 Å². The van der Waals surface area contributed by atoms with Gasteiger partial charge in [0, 0.05) is 0 Å². The number of carbonyl (C=O) groups is 2. The van der Waals surface area contributed by atoms with E-state index in [0.717, 1.165) is 12.0 Å². The maximum Gasteiger partial charge on any atom is 0.337 e. The lowest BCUT2D eigenvalue weighted by atomic mass is 10.1. The summed E-state index contributed by atoms with van der Waals surface area (Å²) in [5, 5.41) is 3.86. The molecule has 0 aliphatic rings. The molecule has 2 aromatic rings. The third kappa shape index (κ3) is 5.76. The Morgan fingerprint density at radius 1 is 1.08 bits per heavy atom. The SMILES string of the molecule is CCc1ccc(OCC(=O)N/N=C/c2ccc(C(=O)OC)cc2)cc1. The molecular weight excluding hydrogens is 320 g/mol. The fourth-order valence-electron chi connectivity index (χ4n) is 2.00. The van der Waals surface area contributed by atoms with Gasteiger partial charge in [0.1, 0.15) is 5.75 Å². The minimum Gasteiger partial charge on any atom is -0.484 e. The topological polar surface area (TPSA) is 77.0 Å². The number of carbonyl (C=O) groups excluding carboxylic acids is 2. The summed E-state index contributed by atoms with van der Waals surface area (Å²) in [6.07, 6.45) is 2.44. The van der Waals surface area contributed by atoms with Crippen LogP contribution in [0.15, 0.2) is 53.6 Å². The molecule has 0 saturated carbocycles. The minimum atomic E-state index is -0.402. The summed E-state index contributed by atoms with van der Waals surface area (Å²) in [5.74, 6) is -0.127. The Morgan fingerprint density at radius 2 is 1.76 bits per heavy atom. The molecule has 6 heteroatoms. The first-order valence-electron chi connectivity index (χ1n) is 7.84. The third-order valence-electron chi connectivity index (χ3n) is 3.44. The highest BCUT2D eigenvalue weighted by molar-refractivity contribution is 5.90. The van der Waals surface area contributed by atoms with Gasteiger partial charge in [-0.2, -0.15) is 5.10 Å². The number of hydrogen-bond acceptors (Lipinski definition) is 5. The van der Waals surface area contributed by atoms with Crippen molar-refractivity contribution in [3.63, 3.8) is 0 Å². The number of hydrazone groups is 1. The Labute approximate surface area is 146 Å². The predicted molar refractivity (Wildman–Crippen MR) is 94.8 cm³/mol. The molecule has 0 fully saturated rings. The quantitative estimate of drug-likeness (QED) is 0.477. The summed E-state index contributed by atoms with van der Waals surface area (Å²) in [4.78, 5) is 23.0. The maximum absolute atomic E-state index is 11.7. The molecule has 0 heterocycles. The van der Waals surface area contributed by atoms with Crippen molar-refractivity contribution >= 4 is 18.1 Å². The summed E-state index contributed by atoms with van der Waals surface area (Å²) in [6.45, 7) is 1.95. The van der Waals surface area contributed by atoms with E-state index in [4.69, 9.17) is 4.74 Å². The lowest BCUT2D eigenvalue weighted by Crippen LogP contribution is -2.24. The second-order valence-electron chi connectivity index (χ2n) is 5.19. The van der Waals surface area contributed by atoms with Crippen molar-refractivity contribution in [1.82, 2.24) is 5.43 Å². The lowest BCUT2D eigenvalue weighted by molar-refractivity contribution is -0.123. The monoisotopic (exact) mass is 340 g/mol. The number of nitrogens with zero attached hydrogens (tertiary/aromatic N) is 1. The first kappa shape index (κ1) is 18.2. The maximum atomic E-state index is 11.7. The second kappa shape index (κ2) is 9.22. The standard InChI is InChI=1S/C19H20N2O4/c1-3-14-6-10-17(11-7-14)25-13-18(22)21-20-12-15-4-8-16(9-5-15)19(23)24-2/h4-12H,3,13H2,1-2H3,(H,21,22)/b20-12+. The fraction of sp³-hybridized carbons (Fsp3) is 0.211. The van der Waals surface area contributed by atoms with Crippen LogP contribution in [0.5, 0.6) is 5.75 Å². The molecule has 0 atom stereocenters. The summed E-state index contributed by atoms with van der Waals surface area (Å²) in [7, 11) is 1.33. The number of esters is 1. The normalized spacial score (nSPS) is 10.5. The lowest BCUT2D eigenvalue weighted by Gasteiger charge is -2.05. The Bertz CT molecular complexity index is 737. The smallest absolute Gasteiger partial charge is 0.337 e. The van der Waals surface area contributed by atoms with E-state index in [-0.39, 0.29) is 12.5 Å². The van der Waals surface area contributed by atoms with Crippen LogP contribution in [-0.4, -0.2) is 31.8 Å². The van der Waals surface area contributed by atoms with Crippen molar-refractivity contribution in [3.8, 4) is 5.75 Å². The van der Waals surface area contributed by atoms with Gasteiger partial charge in [-0.15, -0.1) is 0 Å². The van der Waals surface area contributed by atoms with E-state index >= 15 is 0 Å². The molecular formula is C19H20N2O4. The zero-order valence-corrected chi connectivity index (χ0v) is 14.2. The highest BCUT2D eigenvalue weighted by Crippen LogP contribution is 2.12. The van der Waals surface area contributed by atoms with Crippen molar-refractivity contribution in [1.29, 1.82) is 0 Å². The van der Waals surface area contributed by atoms with Crippen LogP contribution >= 0.6 is 0 Å². The molecule has 0 aliphatic heterocycles. The van der Waals surface area contributed by atoms with Gasteiger partial charge in [0.05, 0.1) is 18.9 Å². The Balaban J connectivity index is 1.78. The molecule has 6 nitrogen and oxygen atoms in total. The van der Waals surface area contributed by atoms with Crippen LogP contribution in [-0.2, 0) is 16.0 Å². The van der Waals surface area contributed by atoms with E-state index < -0.39 is 5.97 Å². The molecule has 0 aliphatic carbocycles. The molecule has 0 bridgehead atoms. The number of rotatable bonds is 7. The molecule has 130 valence electrons. The summed E-state index contributed by atoms with van der Waals surface area (Å²) < 4.78 is 10.0. The molecule has 1 N–H and O–H groups in total. The third-order valence-corrected chi connectivity index (χ3v) is 3.44. The van der Waals surface area contributed by atoms with Crippen LogP contribution in [0.2, 0.25) is 0 Å². The van der Waals surface area contributed by atoms with Gasteiger partial charge in [0.25, 0.3) is 5.91 Å².